The molecule has 0 spiro atoms. The number of amides is 3. The third kappa shape index (κ3) is 4.14. The highest BCUT2D eigenvalue weighted by atomic mass is 19.2. The number of rotatable bonds is 6. The number of halogens is 2. The molecule has 170 valence electrons. The number of esters is 1. The summed E-state index contributed by atoms with van der Waals surface area (Å²) >= 11 is 0. The quantitative estimate of drug-likeness (QED) is 0.524. The second-order valence-electron chi connectivity index (χ2n) is 7.15. The Morgan fingerprint density at radius 1 is 1.06 bits per heavy atom. The van der Waals surface area contributed by atoms with Crippen LogP contribution in [0.2, 0.25) is 0 Å². The standard InChI is InChI=1S/C21H17F2N5O5/c1-2-33-21(32)11-3-5-12(6-4-11)24-16(29)10-27-18-17(25-26-27)19(30)28(20(18)31)13-7-8-14(22)15(23)9-13/h3-9,17-18H,2,10H2,1H3,(H,24,29). The van der Waals surface area contributed by atoms with E-state index < -0.39 is 54.0 Å². The summed E-state index contributed by atoms with van der Waals surface area (Å²) in [6.45, 7) is 1.53. The summed E-state index contributed by atoms with van der Waals surface area (Å²) in [4.78, 5) is 50.3. The normalized spacial score (nSPS) is 19.1. The molecule has 2 atom stereocenters. The number of carbonyl (C=O) groups is 4. The number of anilines is 2. The summed E-state index contributed by atoms with van der Waals surface area (Å²) in [6, 6.07) is 6.25. The summed E-state index contributed by atoms with van der Waals surface area (Å²) in [7, 11) is 0. The number of hydrogen-bond acceptors (Lipinski definition) is 8. The fraction of sp³-hybridized carbons (Fsp3) is 0.238. The van der Waals surface area contributed by atoms with Gasteiger partial charge in [0.05, 0.1) is 17.9 Å². The summed E-state index contributed by atoms with van der Waals surface area (Å²) < 4.78 is 31.7. The minimum atomic E-state index is -1.21. The number of carbonyl (C=O) groups excluding carboxylic acids is 4. The molecule has 0 aromatic heterocycles. The van der Waals surface area contributed by atoms with Gasteiger partial charge in [-0.3, -0.25) is 19.4 Å². The van der Waals surface area contributed by atoms with Crippen LogP contribution < -0.4 is 10.2 Å². The molecule has 2 aliphatic heterocycles. The molecule has 33 heavy (non-hydrogen) atoms. The van der Waals surface area contributed by atoms with Crippen molar-refractivity contribution in [3.63, 3.8) is 0 Å². The van der Waals surface area contributed by atoms with Crippen LogP contribution in [-0.4, -0.2) is 53.9 Å². The Morgan fingerprint density at radius 3 is 2.45 bits per heavy atom. The second-order valence-corrected chi connectivity index (χ2v) is 7.15. The number of nitrogens with one attached hydrogen (secondary N) is 1. The van der Waals surface area contributed by atoms with E-state index in [1.165, 1.54) is 24.3 Å². The average molecular weight is 457 g/mol. The highest BCUT2D eigenvalue weighted by Gasteiger charge is 2.55. The Hall–Kier alpha value is -4.22. The van der Waals surface area contributed by atoms with Crippen LogP contribution in [0.25, 0.3) is 0 Å². The fourth-order valence-corrected chi connectivity index (χ4v) is 3.48. The zero-order valence-corrected chi connectivity index (χ0v) is 17.2. The van der Waals surface area contributed by atoms with Gasteiger partial charge in [-0.15, -0.1) is 0 Å². The van der Waals surface area contributed by atoms with Gasteiger partial charge in [0.15, 0.2) is 23.7 Å². The summed E-state index contributed by atoms with van der Waals surface area (Å²) in [6.07, 6.45) is 0. The SMILES string of the molecule is CCOC(=O)c1ccc(NC(=O)CN2N=NC3C(=O)N(c4ccc(F)c(F)c4)C(=O)C32)cc1. The Morgan fingerprint density at radius 2 is 1.79 bits per heavy atom. The van der Waals surface area contributed by atoms with Gasteiger partial charge in [0.2, 0.25) is 5.91 Å². The molecule has 4 rings (SSSR count). The second kappa shape index (κ2) is 8.73. The van der Waals surface area contributed by atoms with E-state index in [0.717, 1.165) is 23.2 Å². The number of fused-ring (bicyclic) bond motifs is 1. The van der Waals surface area contributed by atoms with E-state index in [1.807, 2.05) is 0 Å². The Kier molecular flexibility index (Phi) is 5.82. The molecule has 2 aromatic carbocycles. The van der Waals surface area contributed by atoms with Crippen LogP contribution in [0.3, 0.4) is 0 Å². The molecule has 3 amide bonds. The van der Waals surface area contributed by atoms with E-state index in [4.69, 9.17) is 4.74 Å². The van der Waals surface area contributed by atoms with Crippen molar-refractivity contribution >= 4 is 35.1 Å². The predicted octanol–water partition coefficient (Wildman–Crippen LogP) is 2.07. The third-order valence-electron chi connectivity index (χ3n) is 5.00. The summed E-state index contributed by atoms with van der Waals surface area (Å²) in [5.74, 6) is -4.88. The van der Waals surface area contributed by atoms with Crippen molar-refractivity contribution in [2.24, 2.45) is 10.3 Å². The van der Waals surface area contributed by atoms with Gasteiger partial charge in [-0.1, -0.05) is 5.22 Å². The summed E-state index contributed by atoms with van der Waals surface area (Å²) in [5, 5.41) is 11.2. The van der Waals surface area contributed by atoms with Crippen molar-refractivity contribution in [3.05, 3.63) is 59.7 Å². The van der Waals surface area contributed by atoms with Crippen molar-refractivity contribution in [3.8, 4) is 0 Å². The maximum absolute atomic E-state index is 13.6. The predicted molar refractivity (Wildman–Crippen MR) is 109 cm³/mol. The van der Waals surface area contributed by atoms with E-state index in [-0.39, 0.29) is 12.3 Å². The molecule has 2 unspecified atom stereocenters. The molecule has 12 heteroatoms. The van der Waals surface area contributed by atoms with Crippen LogP contribution >= 0.6 is 0 Å². The first kappa shape index (κ1) is 22.0. The van der Waals surface area contributed by atoms with Crippen molar-refractivity contribution in [2.75, 3.05) is 23.4 Å². The molecule has 2 aromatic rings. The van der Waals surface area contributed by atoms with Gasteiger partial charge in [0.25, 0.3) is 11.8 Å². The van der Waals surface area contributed by atoms with Gasteiger partial charge in [-0.25, -0.2) is 18.5 Å². The van der Waals surface area contributed by atoms with E-state index in [1.54, 1.807) is 6.92 Å². The van der Waals surface area contributed by atoms with Crippen LogP contribution in [0, 0.1) is 11.6 Å². The highest BCUT2D eigenvalue weighted by Crippen LogP contribution is 2.32. The molecule has 1 saturated heterocycles. The highest BCUT2D eigenvalue weighted by molar-refractivity contribution is 6.25. The topological polar surface area (TPSA) is 121 Å². The minimum absolute atomic E-state index is 0.139. The van der Waals surface area contributed by atoms with E-state index >= 15 is 0 Å². The molecule has 1 N–H and O–H groups in total. The third-order valence-corrected chi connectivity index (χ3v) is 5.00. The van der Waals surface area contributed by atoms with Crippen LogP contribution in [0.1, 0.15) is 17.3 Å². The number of imide groups is 1. The number of nitrogens with zero attached hydrogens (tertiary/aromatic N) is 4. The van der Waals surface area contributed by atoms with Gasteiger partial charge in [0, 0.05) is 11.8 Å². The lowest BCUT2D eigenvalue weighted by Crippen LogP contribution is -2.43. The van der Waals surface area contributed by atoms with Crippen molar-refractivity contribution < 1.29 is 32.7 Å². The molecule has 0 saturated carbocycles. The van der Waals surface area contributed by atoms with Crippen molar-refractivity contribution in [2.45, 2.75) is 19.0 Å². The van der Waals surface area contributed by atoms with Crippen molar-refractivity contribution in [1.82, 2.24) is 5.01 Å². The van der Waals surface area contributed by atoms with E-state index in [2.05, 4.69) is 15.7 Å². The van der Waals surface area contributed by atoms with Crippen LogP contribution in [0.5, 0.6) is 0 Å². The smallest absolute Gasteiger partial charge is 0.338 e. The van der Waals surface area contributed by atoms with Crippen LogP contribution in [-0.2, 0) is 19.1 Å². The maximum atomic E-state index is 13.6. The van der Waals surface area contributed by atoms with Gasteiger partial charge >= 0.3 is 5.97 Å². The molecular weight excluding hydrogens is 440 g/mol. The van der Waals surface area contributed by atoms with Crippen LogP contribution in [0.15, 0.2) is 52.8 Å². The summed E-state index contributed by atoms with van der Waals surface area (Å²) in [5.41, 5.74) is 0.566. The van der Waals surface area contributed by atoms with E-state index in [0.29, 0.717) is 16.2 Å². The fourth-order valence-electron chi connectivity index (χ4n) is 3.48. The maximum Gasteiger partial charge on any atom is 0.338 e. The molecule has 1 fully saturated rings. The average Bonchev–Trinajstić information content (AvgIpc) is 3.30. The monoisotopic (exact) mass is 457 g/mol. The van der Waals surface area contributed by atoms with Gasteiger partial charge in [-0.2, -0.15) is 5.11 Å². The lowest BCUT2D eigenvalue weighted by molar-refractivity contribution is -0.123. The first-order chi connectivity index (χ1) is 15.8. The first-order valence-corrected chi connectivity index (χ1v) is 9.87. The zero-order valence-electron chi connectivity index (χ0n) is 17.2. The molecule has 10 nitrogen and oxygen atoms in total. The van der Waals surface area contributed by atoms with E-state index in [9.17, 15) is 28.0 Å². The van der Waals surface area contributed by atoms with Gasteiger partial charge < -0.3 is 10.1 Å². The minimum Gasteiger partial charge on any atom is -0.462 e. The number of hydrogen-bond donors (Lipinski definition) is 1. The largest absolute Gasteiger partial charge is 0.462 e. The lowest BCUT2D eigenvalue weighted by Gasteiger charge is -2.20. The molecule has 0 bridgehead atoms. The number of ether oxygens (including phenoxy) is 1. The molecular formula is C21H17F2N5O5. The Balaban J connectivity index is 1.42. The zero-order chi connectivity index (χ0) is 23.7. The number of benzene rings is 2. The van der Waals surface area contributed by atoms with Gasteiger partial charge in [0.1, 0.15) is 6.54 Å². The lowest BCUT2D eigenvalue weighted by atomic mass is 10.1. The Labute approximate surface area is 185 Å². The Bertz CT molecular complexity index is 1170. The first-order valence-electron chi connectivity index (χ1n) is 9.87. The van der Waals surface area contributed by atoms with Crippen LogP contribution in [0.4, 0.5) is 20.2 Å². The van der Waals surface area contributed by atoms with Gasteiger partial charge in [-0.05, 0) is 43.3 Å². The molecule has 2 heterocycles. The molecule has 0 radical (unpaired) electrons. The van der Waals surface area contributed by atoms with Crippen molar-refractivity contribution in [1.29, 1.82) is 0 Å². The molecule has 0 aliphatic carbocycles. The molecule has 2 aliphatic rings.